The van der Waals surface area contributed by atoms with E-state index in [9.17, 15) is 13.9 Å². The van der Waals surface area contributed by atoms with Gasteiger partial charge in [0.2, 0.25) is 0 Å². The number of benzene rings is 3. The van der Waals surface area contributed by atoms with E-state index in [1.165, 1.54) is 0 Å². The molecule has 0 heterocycles. The molecule has 3 rings (SSSR count). The van der Waals surface area contributed by atoms with Gasteiger partial charge in [-0.05, 0) is 52.2 Å². The number of aromatic hydroxyl groups is 2. The molecule has 0 atom stereocenters. The Morgan fingerprint density at radius 1 is 0.650 bits per heavy atom. The highest BCUT2D eigenvalue weighted by Crippen LogP contribution is 2.30. The predicted octanol–water partition coefficient (Wildman–Crippen LogP) is 4.20. The van der Waals surface area contributed by atoms with E-state index < -0.39 is 17.4 Å². The van der Waals surface area contributed by atoms with Crippen LogP contribution in [0, 0.1) is 11.6 Å². The van der Waals surface area contributed by atoms with Crippen LogP contribution >= 0.6 is 0 Å². The van der Waals surface area contributed by atoms with Crippen LogP contribution in [-0.4, -0.2) is 10.2 Å². The summed E-state index contributed by atoms with van der Waals surface area (Å²) < 4.78 is 26.7. The highest BCUT2D eigenvalue weighted by atomic mass is 19.1. The minimum absolute atomic E-state index is 0.159. The zero-order valence-corrected chi connectivity index (χ0v) is 10.3. The molecule has 0 unspecified atom stereocenters. The molecule has 0 aliphatic heterocycles. The van der Waals surface area contributed by atoms with Crippen LogP contribution in [0.25, 0.3) is 21.9 Å². The fraction of sp³-hybridized carbons (Fsp3) is 0. The Morgan fingerprint density at radius 3 is 1.95 bits per heavy atom. The maximum atomic E-state index is 13.4. The van der Waals surface area contributed by atoms with E-state index in [-0.39, 0.29) is 5.75 Å². The zero-order valence-electron chi connectivity index (χ0n) is 10.3. The average molecular weight is 272 g/mol. The van der Waals surface area contributed by atoms with Crippen LogP contribution in [0.2, 0.25) is 0 Å². The first-order valence-corrected chi connectivity index (χ1v) is 5.96. The van der Waals surface area contributed by atoms with Crippen LogP contribution in [0.4, 0.5) is 8.78 Å². The summed E-state index contributed by atoms with van der Waals surface area (Å²) in [6.07, 6.45) is 0. The second kappa shape index (κ2) is 4.49. The molecule has 0 amide bonds. The van der Waals surface area contributed by atoms with Crippen molar-refractivity contribution >= 4 is 10.8 Å². The lowest BCUT2D eigenvalue weighted by Crippen LogP contribution is -1.86. The fourth-order valence-electron chi connectivity index (χ4n) is 2.14. The van der Waals surface area contributed by atoms with Crippen molar-refractivity contribution in [3.05, 3.63) is 60.2 Å². The Morgan fingerprint density at radius 2 is 1.25 bits per heavy atom. The summed E-state index contributed by atoms with van der Waals surface area (Å²) in [5.41, 5.74) is 0.966. The molecule has 3 aromatic rings. The number of hydrogen-bond acceptors (Lipinski definition) is 2. The van der Waals surface area contributed by atoms with Crippen molar-refractivity contribution in [1.29, 1.82) is 0 Å². The van der Waals surface area contributed by atoms with Crippen LogP contribution in [0.15, 0.2) is 48.5 Å². The van der Waals surface area contributed by atoms with E-state index in [2.05, 4.69) is 0 Å². The van der Waals surface area contributed by atoms with Crippen molar-refractivity contribution in [2.24, 2.45) is 0 Å². The Hall–Kier alpha value is -2.62. The monoisotopic (exact) mass is 272 g/mol. The maximum absolute atomic E-state index is 13.4. The molecule has 2 N–H and O–H groups in total. The summed E-state index contributed by atoms with van der Waals surface area (Å²) in [5.74, 6) is -2.80. The van der Waals surface area contributed by atoms with Gasteiger partial charge in [-0.2, -0.15) is 0 Å². The Kier molecular flexibility index (Phi) is 2.79. The standard InChI is InChI=1S/C16H10F2O2/c17-14-7-12(8-15(18)16(14)20)10-1-2-11-6-13(19)4-3-9(11)5-10/h1-8,19-20H. The molecule has 0 spiro atoms. The normalized spacial score (nSPS) is 10.9. The quantitative estimate of drug-likeness (QED) is 0.697. The third-order valence-electron chi connectivity index (χ3n) is 3.17. The largest absolute Gasteiger partial charge is 0.508 e. The van der Waals surface area contributed by atoms with Gasteiger partial charge in [0.25, 0.3) is 0 Å². The van der Waals surface area contributed by atoms with Gasteiger partial charge in [-0.3, -0.25) is 0 Å². The zero-order chi connectivity index (χ0) is 14.3. The van der Waals surface area contributed by atoms with E-state index in [1.807, 2.05) is 0 Å². The van der Waals surface area contributed by atoms with Gasteiger partial charge in [0.15, 0.2) is 17.4 Å². The predicted molar refractivity (Wildman–Crippen MR) is 72.6 cm³/mol. The third-order valence-corrected chi connectivity index (χ3v) is 3.17. The van der Waals surface area contributed by atoms with E-state index >= 15 is 0 Å². The van der Waals surface area contributed by atoms with Crippen molar-refractivity contribution in [3.63, 3.8) is 0 Å². The molecular weight excluding hydrogens is 262 g/mol. The number of phenols is 2. The van der Waals surface area contributed by atoms with Crippen molar-refractivity contribution in [1.82, 2.24) is 0 Å². The highest BCUT2D eigenvalue weighted by Gasteiger charge is 2.11. The van der Waals surface area contributed by atoms with Crippen molar-refractivity contribution in [2.75, 3.05) is 0 Å². The van der Waals surface area contributed by atoms with Gasteiger partial charge in [0.1, 0.15) is 5.75 Å². The second-order valence-corrected chi connectivity index (χ2v) is 4.53. The summed E-state index contributed by atoms with van der Waals surface area (Å²) in [7, 11) is 0. The number of fused-ring (bicyclic) bond motifs is 1. The fourth-order valence-corrected chi connectivity index (χ4v) is 2.14. The highest BCUT2D eigenvalue weighted by molar-refractivity contribution is 5.88. The van der Waals surface area contributed by atoms with Gasteiger partial charge in [-0.25, -0.2) is 8.78 Å². The molecule has 2 nitrogen and oxygen atoms in total. The summed E-state index contributed by atoms with van der Waals surface area (Å²) >= 11 is 0. The van der Waals surface area contributed by atoms with Gasteiger partial charge >= 0.3 is 0 Å². The van der Waals surface area contributed by atoms with Crippen molar-refractivity contribution in [3.8, 4) is 22.6 Å². The molecule has 3 aromatic carbocycles. The molecule has 0 bridgehead atoms. The summed E-state index contributed by atoms with van der Waals surface area (Å²) in [5, 5.41) is 20.2. The topological polar surface area (TPSA) is 40.5 Å². The smallest absolute Gasteiger partial charge is 0.187 e. The van der Waals surface area contributed by atoms with Crippen LogP contribution in [-0.2, 0) is 0 Å². The molecule has 0 aliphatic rings. The number of halogens is 2. The maximum Gasteiger partial charge on any atom is 0.187 e. The molecule has 20 heavy (non-hydrogen) atoms. The molecule has 0 radical (unpaired) electrons. The van der Waals surface area contributed by atoms with E-state index in [0.717, 1.165) is 22.9 Å². The molecule has 0 aromatic heterocycles. The van der Waals surface area contributed by atoms with Gasteiger partial charge in [-0.15, -0.1) is 0 Å². The Balaban J connectivity index is 2.17. The van der Waals surface area contributed by atoms with Crippen LogP contribution in [0.5, 0.6) is 11.5 Å². The van der Waals surface area contributed by atoms with Gasteiger partial charge in [0.05, 0.1) is 0 Å². The van der Waals surface area contributed by atoms with Gasteiger partial charge < -0.3 is 10.2 Å². The minimum Gasteiger partial charge on any atom is -0.508 e. The third kappa shape index (κ3) is 2.05. The molecule has 0 fully saturated rings. The molecule has 0 saturated carbocycles. The summed E-state index contributed by atoms with van der Waals surface area (Å²) in [6, 6.07) is 12.3. The SMILES string of the molecule is Oc1ccc2cc(-c3cc(F)c(O)c(F)c3)ccc2c1. The van der Waals surface area contributed by atoms with Crippen LogP contribution in [0.1, 0.15) is 0 Å². The van der Waals surface area contributed by atoms with E-state index in [1.54, 1.807) is 36.4 Å². The number of rotatable bonds is 1. The van der Waals surface area contributed by atoms with E-state index in [4.69, 9.17) is 5.11 Å². The average Bonchev–Trinajstić information content (AvgIpc) is 2.43. The second-order valence-electron chi connectivity index (χ2n) is 4.53. The van der Waals surface area contributed by atoms with Crippen molar-refractivity contribution < 1.29 is 19.0 Å². The van der Waals surface area contributed by atoms with Crippen molar-refractivity contribution in [2.45, 2.75) is 0 Å². The summed E-state index contributed by atoms with van der Waals surface area (Å²) in [4.78, 5) is 0. The minimum atomic E-state index is -0.995. The van der Waals surface area contributed by atoms with Crippen LogP contribution < -0.4 is 0 Å². The number of phenolic OH excluding ortho intramolecular Hbond substituents is 2. The van der Waals surface area contributed by atoms with Crippen LogP contribution in [0.3, 0.4) is 0 Å². The van der Waals surface area contributed by atoms with Gasteiger partial charge in [-0.1, -0.05) is 18.2 Å². The number of hydrogen-bond donors (Lipinski definition) is 2. The molecule has 0 saturated heterocycles. The molecule has 4 heteroatoms. The Bertz CT molecular complexity index is 790. The summed E-state index contributed by atoms with van der Waals surface area (Å²) in [6.45, 7) is 0. The first kappa shape index (κ1) is 12.4. The van der Waals surface area contributed by atoms with Gasteiger partial charge in [0, 0.05) is 0 Å². The lowest BCUT2D eigenvalue weighted by Gasteiger charge is -2.06. The Labute approximate surface area is 113 Å². The molecule has 0 aliphatic carbocycles. The first-order valence-electron chi connectivity index (χ1n) is 5.96. The van der Waals surface area contributed by atoms with E-state index in [0.29, 0.717) is 11.1 Å². The lowest BCUT2D eigenvalue weighted by molar-refractivity contribution is 0.396. The molecular formula is C16H10F2O2. The molecule has 100 valence electrons. The lowest BCUT2D eigenvalue weighted by atomic mass is 10.0. The first-order chi connectivity index (χ1) is 9.54.